The average Bonchev–Trinajstić information content (AvgIpc) is 3.65. The van der Waals surface area contributed by atoms with Crippen molar-refractivity contribution in [2.45, 2.75) is 46.1 Å². The van der Waals surface area contributed by atoms with E-state index in [1.807, 2.05) is 4.57 Å². The number of carbonyl (C=O) groups is 4. The molecule has 23 heteroatoms. The summed E-state index contributed by atoms with van der Waals surface area (Å²) in [7, 11) is -1.13. The van der Waals surface area contributed by atoms with Gasteiger partial charge < -0.3 is 63.6 Å². The Hall–Kier alpha value is -6.60. The SMILES string of the molecule is COCCOCCOc1ccc2c(c1)c(C(=O)Oc1c(C)cc(C(=O)NCCOCCNC(=O)CCCC(=O)On3c(O)ccc3O)cc1C)c1cc(OCCOCCOC)ccc1[n+]2CCCS(=O)(=O)O. The number of nitrogens with zero attached hydrogens (tertiary/aromatic N) is 2. The molecule has 0 saturated heterocycles. The zero-order chi connectivity index (χ0) is 52.0. The van der Waals surface area contributed by atoms with E-state index in [0.29, 0.717) is 81.2 Å². The van der Waals surface area contributed by atoms with Crippen molar-refractivity contribution in [3.8, 4) is 29.0 Å². The lowest BCUT2D eigenvalue weighted by Gasteiger charge is -2.16. The van der Waals surface area contributed by atoms with Gasteiger partial charge in [-0.25, -0.2) is 9.59 Å². The maximum atomic E-state index is 14.8. The van der Waals surface area contributed by atoms with Crippen LogP contribution in [0.3, 0.4) is 0 Å². The Kier molecular flexibility index (Phi) is 22.2. The smallest absolute Gasteiger partial charge is 0.345 e. The minimum Gasteiger partial charge on any atom is -0.492 e. The molecule has 0 aliphatic heterocycles. The van der Waals surface area contributed by atoms with Gasteiger partial charge in [0.2, 0.25) is 28.7 Å². The highest BCUT2D eigenvalue weighted by molar-refractivity contribution is 7.85. The molecule has 0 aliphatic carbocycles. The number of hydrogen-bond donors (Lipinski definition) is 5. The van der Waals surface area contributed by atoms with Crippen LogP contribution < -0.4 is 34.2 Å². The predicted octanol–water partition coefficient (Wildman–Crippen LogP) is 3.38. The molecule has 2 amide bonds. The summed E-state index contributed by atoms with van der Waals surface area (Å²) >= 11 is 0. The molecule has 0 spiro atoms. The summed E-state index contributed by atoms with van der Waals surface area (Å²) in [6.07, 6.45) is 0.131. The first-order valence-corrected chi connectivity index (χ1v) is 24.8. The van der Waals surface area contributed by atoms with E-state index in [1.54, 1.807) is 76.6 Å². The van der Waals surface area contributed by atoms with Crippen molar-refractivity contribution < 1.29 is 89.7 Å². The molecule has 0 fully saturated rings. The molecule has 2 aromatic heterocycles. The molecular weight excluding hydrogens is 965 g/mol. The third-order valence-corrected chi connectivity index (χ3v) is 11.5. The van der Waals surface area contributed by atoms with Crippen LogP contribution in [0.15, 0.2) is 60.7 Å². The van der Waals surface area contributed by atoms with E-state index in [4.69, 9.17) is 42.7 Å². The highest BCUT2D eigenvalue weighted by Gasteiger charge is 2.28. The fourth-order valence-electron chi connectivity index (χ4n) is 7.36. The summed E-state index contributed by atoms with van der Waals surface area (Å²) in [4.78, 5) is 57.0. The fourth-order valence-corrected chi connectivity index (χ4v) is 7.86. The first-order valence-electron chi connectivity index (χ1n) is 23.1. The maximum absolute atomic E-state index is 14.8. The summed E-state index contributed by atoms with van der Waals surface area (Å²) < 4.78 is 80.6. The van der Waals surface area contributed by atoms with Crippen molar-refractivity contribution in [3.05, 3.63) is 82.9 Å². The van der Waals surface area contributed by atoms with Gasteiger partial charge in [-0.05, 0) is 67.8 Å². The molecule has 0 aliphatic rings. The van der Waals surface area contributed by atoms with E-state index >= 15 is 0 Å². The summed E-state index contributed by atoms with van der Waals surface area (Å²) in [6.45, 7) is 6.72. The van der Waals surface area contributed by atoms with Crippen LogP contribution in [0, 0.1) is 13.8 Å². The summed E-state index contributed by atoms with van der Waals surface area (Å²) in [6, 6.07) is 15.9. The summed E-state index contributed by atoms with van der Waals surface area (Å²) in [5.74, 6) is -2.51. The molecule has 0 atom stereocenters. The Bertz CT molecular complexity index is 2630. The second kappa shape index (κ2) is 28.4. The Morgan fingerprint density at radius 2 is 1.18 bits per heavy atom. The van der Waals surface area contributed by atoms with Gasteiger partial charge in [-0.1, -0.05) is 0 Å². The second-order valence-corrected chi connectivity index (χ2v) is 17.7. The molecule has 2 heterocycles. The molecule has 72 heavy (non-hydrogen) atoms. The van der Waals surface area contributed by atoms with Gasteiger partial charge in [-0.15, -0.1) is 4.73 Å². The van der Waals surface area contributed by atoms with Crippen LogP contribution in [-0.4, -0.2) is 151 Å². The van der Waals surface area contributed by atoms with Crippen molar-refractivity contribution in [2.75, 3.05) is 99.1 Å². The van der Waals surface area contributed by atoms with Crippen LogP contribution in [0.4, 0.5) is 0 Å². The van der Waals surface area contributed by atoms with Gasteiger partial charge in [0.05, 0.1) is 74.9 Å². The predicted molar refractivity (Wildman–Crippen MR) is 259 cm³/mol. The highest BCUT2D eigenvalue weighted by atomic mass is 32.2. The number of ether oxygens (including phenoxy) is 8. The molecule has 22 nitrogen and oxygen atoms in total. The third-order valence-electron chi connectivity index (χ3n) is 10.7. The van der Waals surface area contributed by atoms with E-state index < -0.39 is 45.5 Å². The number of rotatable bonds is 32. The number of hydrogen-bond acceptors (Lipinski definition) is 17. The van der Waals surface area contributed by atoms with Gasteiger partial charge in [0.1, 0.15) is 30.5 Å². The summed E-state index contributed by atoms with van der Waals surface area (Å²) in [5.41, 5.74) is 2.57. The largest absolute Gasteiger partial charge is 0.492 e. The number of aryl methyl sites for hydroxylation is 3. The van der Waals surface area contributed by atoms with Crippen LogP contribution in [0.25, 0.3) is 21.8 Å². The number of methoxy groups -OCH3 is 2. The maximum Gasteiger partial charge on any atom is 0.345 e. The molecule has 0 unspecified atom stereocenters. The molecular formula is C49H63N4O18S+. The van der Waals surface area contributed by atoms with E-state index in [1.165, 1.54) is 0 Å². The van der Waals surface area contributed by atoms with E-state index in [0.717, 1.165) is 12.1 Å². The normalized spacial score (nSPS) is 11.5. The van der Waals surface area contributed by atoms with Crippen LogP contribution in [0.2, 0.25) is 0 Å². The first kappa shape index (κ1) is 56.3. The van der Waals surface area contributed by atoms with Crippen molar-refractivity contribution in [1.82, 2.24) is 15.4 Å². The summed E-state index contributed by atoms with van der Waals surface area (Å²) in [5, 5.41) is 25.5. The van der Waals surface area contributed by atoms with Gasteiger partial charge >= 0.3 is 11.9 Å². The van der Waals surface area contributed by atoms with Gasteiger partial charge in [0.15, 0.2) is 6.54 Å². The standard InChI is InChI=1S/C49H62N4O18S/c1-33-29-35(48(58)51-16-19-65-18-15-50-42(54)7-5-8-45(57)71-53-43(55)13-14-44(53)56)30-34(2)47(33)70-49(59)46-38-31-36(68-26-24-66-22-20-63-3)9-11-40(38)52(17-6-28-72(60,61)62)41-12-10-37(32-39(41)46)69-27-25-67-23-21-64-4/h9-14,29-32H,5-8,15-28H2,1-4H3,(H4,50,51,54,58,59,60,61,62)/p+1. The Morgan fingerprint density at radius 3 is 1.72 bits per heavy atom. The molecule has 5 rings (SSSR count). The highest BCUT2D eigenvalue weighted by Crippen LogP contribution is 2.33. The number of carbonyl (C=O) groups excluding carboxylic acids is 4. The molecule has 5 N–H and O–H groups in total. The van der Waals surface area contributed by atoms with E-state index in [9.17, 15) is 42.4 Å². The van der Waals surface area contributed by atoms with Crippen molar-refractivity contribution in [3.63, 3.8) is 0 Å². The fraction of sp³-hybridized carbons (Fsp3) is 0.449. The molecule has 0 bridgehead atoms. The number of pyridine rings is 1. The Morgan fingerprint density at radius 1 is 0.653 bits per heavy atom. The molecule has 392 valence electrons. The van der Waals surface area contributed by atoms with Crippen molar-refractivity contribution in [1.29, 1.82) is 0 Å². The average molecular weight is 1030 g/mol. The Balaban J connectivity index is 1.27. The Labute approximate surface area is 416 Å². The van der Waals surface area contributed by atoms with Crippen molar-refractivity contribution >= 4 is 55.7 Å². The zero-order valence-electron chi connectivity index (χ0n) is 40.8. The lowest BCUT2D eigenvalue weighted by Crippen LogP contribution is -2.37. The van der Waals surface area contributed by atoms with Crippen molar-refractivity contribution in [2.24, 2.45) is 0 Å². The second-order valence-electron chi connectivity index (χ2n) is 16.1. The van der Waals surface area contributed by atoms with Crippen LogP contribution in [0.5, 0.6) is 29.0 Å². The third kappa shape index (κ3) is 17.3. The number of aromatic hydroxyl groups is 2. The van der Waals surface area contributed by atoms with Crippen LogP contribution in [-0.2, 0) is 49.9 Å². The number of benzene rings is 3. The van der Waals surface area contributed by atoms with Crippen LogP contribution >= 0.6 is 0 Å². The number of fused-ring (bicyclic) bond motifs is 2. The number of nitrogens with one attached hydrogen (secondary N) is 2. The first-order chi connectivity index (χ1) is 34.6. The van der Waals surface area contributed by atoms with Gasteiger partial charge in [0, 0.05) is 76.4 Å². The number of aromatic nitrogens is 2. The quantitative estimate of drug-likeness (QED) is 0.0103. The van der Waals surface area contributed by atoms with E-state index in [-0.39, 0.29) is 102 Å². The number of esters is 1. The minimum atomic E-state index is -4.27. The van der Waals surface area contributed by atoms with Gasteiger partial charge in [-0.3, -0.25) is 14.1 Å². The monoisotopic (exact) mass is 1030 g/mol. The number of amides is 2. The minimum absolute atomic E-state index is 0.0302. The lowest BCUT2D eigenvalue weighted by atomic mass is 10.0. The molecule has 3 aromatic carbocycles. The van der Waals surface area contributed by atoms with E-state index in [2.05, 4.69) is 10.6 Å². The molecule has 5 aromatic rings. The van der Waals surface area contributed by atoms with Gasteiger partial charge in [0.25, 0.3) is 16.0 Å². The lowest BCUT2D eigenvalue weighted by molar-refractivity contribution is -0.645. The van der Waals surface area contributed by atoms with Crippen LogP contribution in [0.1, 0.15) is 57.5 Å². The molecule has 0 saturated carbocycles. The molecule has 0 radical (unpaired) electrons. The zero-order valence-corrected chi connectivity index (χ0v) is 41.6. The topological polar surface area (TPSA) is 279 Å². The van der Waals surface area contributed by atoms with Gasteiger partial charge in [-0.2, -0.15) is 13.0 Å².